The van der Waals surface area contributed by atoms with E-state index in [0.29, 0.717) is 17.7 Å². The number of amides is 1. The smallest absolute Gasteiger partial charge is 0.422 e. The summed E-state index contributed by atoms with van der Waals surface area (Å²) in [5.74, 6) is 5.57. The van der Waals surface area contributed by atoms with Gasteiger partial charge >= 0.3 is 6.09 Å². The summed E-state index contributed by atoms with van der Waals surface area (Å²) in [7, 11) is 0. The van der Waals surface area contributed by atoms with Crippen molar-refractivity contribution >= 4 is 23.2 Å². The number of nitrogens with zero attached hydrogens (tertiary/aromatic N) is 1. The molecule has 0 bridgehead atoms. The summed E-state index contributed by atoms with van der Waals surface area (Å²) in [6.07, 6.45) is 0.625. The second-order valence-corrected chi connectivity index (χ2v) is 8.48. The number of carbonyl (C=O) groups excluding carboxylic acids is 1. The van der Waals surface area contributed by atoms with Gasteiger partial charge in [0.05, 0.1) is 0 Å². The Hall–Kier alpha value is -3.96. The molecule has 0 heterocycles. The maximum absolute atomic E-state index is 12.1. The molecule has 172 valence electrons. The number of rotatable bonds is 9. The Labute approximate surface area is 199 Å². The van der Waals surface area contributed by atoms with Gasteiger partial charge in [-0.05, 0) is 40.3 Å². The van der Waals surface area contributed by atoms with Gasteiger partial charge in [-0.15, -0.1) is 0 Å². The molecule has 2 atom stereocenters. The fourth-order valence-electron chi connectivity index (χ4n) is 4.70. The first-order valence-electron chi connectivity index (χ1n) is 11.4. The molecular weight excluding hydrogens is 424 g/mol. The number of aldehydes is 1. The van der Waals surface area contributed by atoms with E-state index < -0.39 is 18.1 Å². The predicted octanol–water partition coefficient (Wildman–Crippen LogP) is 5.96. The van der Waals surface area contributed by atoms with Gasteiger partial charge in [-0.1, -0.05) is 103 Å². The van der Waals surface area contributed by atoms with E-state index in [9.17, 15) is 14.7 Å². The second-order valence-electron chi connectivity index (χ2n) is 8.48. The van der Waals surface area contributed by atoms with Crippen LogP contribution in [0.5, 0.6) is 0 Å². The van der Waals surface area contributed by atoms with Gasteiger partial charge in [-0.25, -0.2) is 15.6 Å². The van der Waals surface area contributed by atoms with Crippen LogP contribution in [0.3, 0.4) is 0 Å². The Kier molecular flexibility index (Phi) is 7.35. The Morgan fingerprint density at radius 2 is 1.32 bits per heavy atom. The maximum Gasteiger partial charge on any atom is 0.422 e. The molecule has 0 saturated heterocycles. The molecular formula is C29H28N2O3. The number of carboxylic acid groups (broad SMARTS) is 1. The summed E-state index contributed by atoms with van der Waals surface area (Å²) >= 11 is 0. The quantitative estimate of drug-likeness (QED) is 0.142. The van der Waals surface area contributed by atoms with E-state index >= 15 is 0 Å². The van der Waals surface area contributed by atoms with Gasteiger partial charge in [-0.2, -0.15) is 0 Å². The minimum atomic E-state index is -1.33. The Bertz CT molecular complexity index is 1200. The third-order valence-electron chi connectivity index (χ3n) is 6.47. The van der Waals surface area contributed by atoms with Gasteiger partial charge in [-0.3, -0.25) is 0 Å². The van der Waals surface area contributed by atoms with E-state index in [1.165, 1.54) is 11.1 Å². The summed E-state index contributed by atoms with van der Waals surface area (Å²) in [4.78, 5) is 23.8. The molecule has 5 heteroatoms. The molecule has 3 N–H and O–H groups in total. The molecule has 2 unspecified atom stereocenters. The molecule has 0 radical (unpaired) electrons. The Morgan fingerprint density at radius 1 is 0.765 bits per heavy atom. The molecule has 34 heavy (non-hydrogen) atoms. The topological polar surface area (TPSA) is 83.6 Å². The lowest BCUT2D eigenvalue weighted by Crippen LogP contribution is -2.48. The molecule has 5 nitrogen and oxygen atoms in total. The molecule has 0 spiro atoms. The number of hydrogen-bond donors (Lipinski definition) is 2. The van der Waals surface area contributed by atoms with Crippen LogP contribution in [-0.4, -0.2) is 28.5 Å². The van der Waals surface area contributed by atoms with Crippen LogP contribution < -0.4 is 5.84 Å². The monoisotopic (exact) mass is 452 g/mol. The molecule has 0 fully saturated rings. The highest BCUT2D eigenvalue weighted by Gasteiger charge is 2.31. The summed E-state index contributed by atoms with van der Waals surface area (Å²) in [6, 6.07) is 33.5. The average molecular weight is 453 g/mol. The van der Waals surface area contributed by atoms with Crippen LogP contribution in [0, 0.1) is 0 Å². The van der Waals surface area contributed by atoms with Gasteiger partial charge in [0.25, 0.3) is 0 Å². The Balaban J connectivity index is 1.71. The van der Waals surface area contributed by atoms with E-state index in [4.69, 9.17) is 5.84 Å². The maximum atomic E-state index is 12.1. The zero-order chi connectivity index (χ0) is 23.9. The van der Waals surface area contributed by atoms with Crippen LogP contribution in [0.25, 0.3) is 10.8 Å². The summed E-state index contributed by atoms with van der Waals surface area (Å²) in [5, 5.41) is 12.3. The van der Waals surface area contributed by atoms with Crippen molar-refractivity contribution in [1.29, 1.82) is 0 Å². The van der Waals surface area contributed by atoms with Crippen molar-refractivity contribution in [3.05, 3.63) is 120 Å². The molecule has 0 aromatic heterocycles. The molecule has 0 aliphatic rings. The molecule has 0 saturated carbocycles. The summed E-state index contributed by atoms with van der Waals surface area (Å²) in [5.41, 5.74) is 3.25. The second kappa shape index (κ2) is 10.8. The number of carbonyl (C=O) groups is 2. The van der Waals surface area contributed by atoms with Crippen molar-refractivity contribution < 1.29 is 14.7 Å². The van der Waals surface area contributed by atoms with E-state index in [0.717, 1.165) is 22.8 Å². The van der Waals surface area contributed by atoms with E-state index in [-0.39, 0.29) is 5.92 Å². The largest absolute Gasteiger partial charge is 0.464 e. The highest BCUT2D eigenvalue weighted by atomic mass is 16.4. The molecule has 1 amide bonds. The number of nitrogens with two attached hydrogens (primary N) is 1. The zero-order valence-corrected chi connectivity index (χ0v) is 18.8. The van der Waals surface area contributed by atoms with E-state index in [1.807, 2.05) is 78.9 Å². The third kappa shape index (κ3) is 5.16. The lowest BCUT2D eigenvalue weighted by molar-refractivity contribution is -0.112. The minimum absolute atomic E-state index is 0.105. The van der Waals surface area contributed by atoms with E-state index in [2.05, 4.69) is 24.3 Å². The van der Waals surface area contributed by atoms with Crippen LogP contribution in [0.2, 0.25) is 0 Å². The van der Waals surface area contributed by atoms with Crippen LogP contribution in [0.1, 0.15) is 41.4 Å². The van der Waals surface area contributed by atoms with Gasteiger partial charge in [0.15, 0.2) is 0 Å². The average Bonchev–Trinajstić information content (AvgIpc) is 2.89. The van der Waals surface area contributed by atoms with Gasteiger partial charge in [0.1, 0.15) is 12.3 Å². The van der Waals surface area contributed by atoms with Crippen molar-refractivity contribution in [2.45, 2.75) is 30.7 Å². The summed E-state index contributed by atoms with van der Waals surface area (Å²) < 4.78 is 0. The first-order valence-corrected chi connectivity index (χ1v) is 11.4. The van der Waals surface area contributed by atoms with Crippen molar-refractivity contribution in [3.8, 4) is 0 Å². The lowest BCUT2D eigenvalue weighted by Gasteiger charge is -2.30. The van der Waals surface area contributed by atoms with Crippen molar-refractivity contribution in [2.75, 3.05) is 0 Å². The highest BCUT2D eigenvalue weighted by Crippen LogP contribution is 2.36. The highest BCUT2D eigenvalue weighted by molar-refractivity contribution is 5.83. The molecule has 0 aliphatic heterocycles. The van der Waals surface area contributed by atoms with Crippen molar-refractivity contribution in [3.63, 3.8) is 0 Å². The van der Waals surface area contributed by atoms with Crippen molar-refractivity contribution in [2.24, 2.45) is 5.84 Å². The molecule has 4 aromatic carbocycles. The van der Waals surface area contributed by atoms with Gasteiger partial charge in [0, 0.05) is 11.8 Å². The van der Waals surface area contributed by atoms with Gasteiger partial charge in [0.2, 0.25) is 0 Å². The molecule has 0 aliphatic carbocycles. The van der Waals surface area contributed by atoms with Crippen LogP contribution in [-0.2, 0) is 4.79 Å². The standard InChI is InChI=1S/C29H28N2O3/c30-31(29(33)34)28(20-32)27(25-16-15-21-9-7-8-14-24(21)19-25)18-17-26(22-10-3-1-4-11-22)23-12-5-2-6-13-23/h1-16,19-20,26-28H,17-18,30H2,(H,33,34). The predicted molar refractivity (Wildman–Crippen MR) is 135 cm³/mol. The van der Waals surface area contributed by atoms with Crippen LogP contribution in [0.4, 0.5) is 4.79 Å². The number of hydrogen-bond acceptors (Lipinski definition) is 3. The van der Waals surface area contributed by atoms with E-state index in [1.54, 1.807) is 0 Å². The van der Waals surface area contributed by atoms with Crippen molar-refractivity contribution in [1.82, 2.24) is 5.01 Å². The molecule has 4 rings (SSSR count). The van der Waals surface area contributed by atoms with Crippen LogP contribution in [0.15, 0.2) is 103 Å². The number of benzene rings is 4. The fraction of sp³-hybridized carbons (Fsp3) is 0.172. The van der Waals surface area contributed by atoms with Crippen LogP contribution >= 0.6 is 0 Å². The first-order chi connectivity index (χ1) is 16.6. The first kappa shape index (κ1) is 23.2. The third-order valence-corrected chi connectivity index (χ3v) is 6.47. The number of fused-ring (bicyclic) bond motifs is 1. The number of hydrazine groups is 1. The van der Waals surface area contributed by atoms with Gasteiger partial charge < -0.3 is 9.90 Å². The SMILES string of the molecule is NN(C(=O)O)C(C=O)C(CCC(c1ccccc1)c1ccccc1)c1ccc2ccccc2c1. The Morgan fingerprint density at radius 3 is 1.88 bits per heavy atom. The lowest BCUT2D eigenvalue weighted by atomic mass is 9.80. The normalized spacial score (nSPS) is 12.9. The molecule has 4 aromatic rings. The fourth-order valence-corrected chi connectivity index (χ4v) is 4.70. The minimum Gasteiger partial charge on any atom is -0.464 e. The zero-order valence-electron chi connectivity index (χ0n) is 18.8. The summed E-state index contributed by atoms with van der Waals surface area (Å²) in [6.45, 7) is 0.